The molecule has 0 saturated heterocycles. The fraction of sp³-hybridized carbons (Fsp3) is 0.250. The number of nitrogens with zero attached hydrogens (tertiary/aromatic N) is 3. The normalized spacial score (nSPS) is 10.6. The van der Waals surface area contributed by atoms with E-state index < -0.39 is 0 Å². The van der Waals surface area contributed by atoms with Gasteiger partial charge >= 0.3 is 0 Å². The number of hydrogen-bond acceptors (Lipinski definition) is 7. The van der Waals surface area contributed by atoms with Gasteiger partial charge in [0.2, 0.25) is 5.95 Å². The maximum absolute atomic E-state index is 5.46. The minimum absolute atomic E-state index is 0.209. The highest BCUT2D eigenvalue weighted by Gasteiger charge is 2.11. The Hall–Kier alpha value is -3.35. The van der Waals surface area contributed by atoms with Crippen molar-refractivity contribution in [3.05, 3.63) is 48.8 Å². The van der Waals surface area contributed by atoms with Crippen LogP contribution in [0.2, 0.25) is 0 Å². The van der Waals surface area contributed by atoms with Gasteiger partial charge in [0.15, 0.2) is 0 Å². The second-order valence-electron chi connectivity index (χ2n) is 6.19. The summed E-state index contributed by atoms with van der Waals surface area (Å²) >= 11 is 0. The van der Waals surface area contributed by atoms with Crippen molar-refractivity contribution in [2.24, 2.45) is 0 Å². The first-order chi connectivity index (χ1) is 13.1. The third-order valence-electron chi connectivity index (χ3n) is 3.79. The van der Waals surface area contributed by atoms with Gasteiger partial charge in [-0.15, -0.1) is 0 Å². The van der Waals surface area contributed by atoms with Crippen LogP contribution in [0.5, 0.6) is 11.5 Å². The van der Waals surface area contributed by atoms with Crippen LogP contribution < -0.4 is 20.1 Å². The molecule has 0 spiro atoms. The van der Waals surface area contributed by atoms with Gasteiger partial charge in [0, 0.05) is 36.1 Å². The third-order valence-corrected chi connectivity index (χ3v) is 3.79. The lowest BCUT2D eigenvalue weighted by atomic mass is 10.2. The Balaban J connectivity index is 1.99. The molecule has 2 aromatic heterocycles. The highest BCUT2D eigenvalue weighted by molar-refractivity contribution is 5.70. The van der Waals surface area contributed by atoms with Gasteiger partial charge in [0.05, 0.1) is 25.6 Å². The smallest absolute Gasteiger partial charge is 0.225 e. The number of methoxy groups -OCH3 is 2. The Labute approximate surface area is 158 Å². The van der Waals surface area contributed by atoms with E-state index >= 15 is 0 Å². The second kappa shape index (κ2) is 8.35. The minimum Gasteiger partial charge on any atom is -0.497 e. The summed E-state index contributed by atoms with van der Waals surface area (Å²) in [6.07, 6.45) is 3.49. The molecule has 0 aliphatic carbocycles. The van der Waals surface area contributed by atoms with Crippen molar-refractivity contribution in [3.8, 4) is 22.8 Å². The summed E-state index contributed by atoms with van der Waals surface area (Å²) in [5, 5.41) is 6.57. The van der Waals surface area contributed by atoms with Gasteiger partial charge in [-0.05, 0) is 38.1 Å². The zero-order valence-corrected chi connectivity index (χ0v) is 15.9. The van der Waals surface area contributed by atoms with Crippen LogP contribution in [0, 0.1) is 0 Å². The molecular weight excluding hydrogens is 342 g/mol. The highest BCUT2D eigenvalue weighted by Crippen LogP contribution is 2.32. The van der Waals surface area contributed by atoms with Gasteiger partial charge < -0.3 is 20.1 Å². The molecule has 2 N–H and O–H groups in total. The van der Waals surface area contributed by atoms with Crippen molar-refractivity contribution in [2.75, 3.05) is 24.9 Å². The van der Waals surface area contributed by atoms with Gasteiger partial charge in [-0.25, -0.2) is 4.98 Å². The largest absolute Gasteiger partial charge is 0.497 e. The van der Waals surface area contributed by atoms with Gasteiger partial charge in [-0.3, -0.25) is 4.98 Å². The minimum atomic E-state index is 0.209. The van der Waals surface area contributed by atoms with E-state index in [-0.39, 0.29) is 6.04 Å². The SMILES string of the molecule is COc1ccc(Nc2cc(-c3ccncc3)nc(NC(C)C)n2)c(OC)c1. The van der Waals surface area contributed by atoms with E-state index in [4.69, 9.17) is 9.47 Å². The van der Waals surface area contributed by atoms with E-state index in [1.54, 1.807) is 26.6 Å². The lowest BCUT2D eigenvalue weighted by molar-refractivity contribution is 0.395. The molecule has 0 unspecified atom stereocenters. The zero-order chi connectivity index (χ0) is 19.2. The van der Waals surface area contributed by atoms with Crippen LogP contribution in [-0.2, 0) is 0 Å². The van der Waals surface area contributed by atoms with Crippen LogP contribution in [0.25, 0.3) is 11.3 Å². The van der Waals surface area contributed by atoms with Gasteiger partial charge in [-0.2, -0.15) is 4.98 Å². The summed E-state index contributed by atoms with van der Waals surface area (Å²) in [5.74, 6) is 2.59. The van der Waals surface area contributed by atoms with Crippen molar-refractivity contribution in [2.45, 2.75) is 19.9 Å². The molecule has 0 bridgehead atoms. The van der Waals surface area contributed by atoms with Crippen molar-refractivity contribution in [1.82, 2.24) is 15.0 Å². The molecule has 7 heteroatoms. The first kappa shape index (κ1) is 18.4. The summed E-state index contributed by atoms with van der Waals surface area (Å²) in [6.45, 7) is 4.09. The Kier molecular flexibility index (Phi) is 5.71. The van der Waals surface area contributed by atoms with Crippen molar-refractivity contribution in [1.29, 1.82) is 0 Å². The number of nitrogens with one attached hydrogen (secondary N) is 2. The topological polar surface area (TPSA) is 81.2 Å². The van der Waals surface area contributed by atoms with Crippen LogP contribution >= 0.6 is 0 Å². The summed E-state index contributed by atoms with van der Waals surface area (Å²) in [6, 6.07) is 11.5. The molecule has 0 radical (unpaired) electrons. The maximum atomic E-state index is 5.46. The molecule has 0 aliphatic heterocycles. The van der Waals surface area contributed by atoms with Crippen LogP contribution in [0.1, 0.15) is 13.8 Å². The lowest BCUT2D eigenvalue weighted by Gasteiger charge is -2.15. The Bertz CT molecular complexity index is 900. The summed E-state index contributed by atoms with van der Waals surface area (Å²) < 4.78 is 10.7. The van der Waals surface area contributed by atoms with E-state index in [0.717, 1.165) is 22.7 Å². The fourth-order valence-corrected chi connectivity index (χ4v) is 2.54. The van der Waals surface area contributed by atoms with Crippen molar-refractivity contribution >= 4 is 17.5 Å². The van der Waals surface area contributed by atoms with Gasteiger partial charge in [0.25, 0.3) is 0 Å². The Morgan fingerprint density at radius 1 is 0.926 bits per heavy atom. The van der Waals surface area contributed by atoms with Crippen LogP contribution in [-0.4, -0.2) is 35.2 Å². The second-order valence-corrected chi connectivity index (χ2v) is 6.19. The summed E-state index contributed by atoms with van der Waals surface area (Å²) in [4.78, 5) is 13.3. The van der Waals surface area contributed by atoms with E-state index in [1.165, 1.54) is 0 Å². The van der Waals surface area contributed by atoms with E-state index in [1.807, 2.05) is 50.2 Å². The molecular formula is C20H23N5O2. The molecule has 3 aromatic rings. The van der Waals surface area contributed by atoms with Crippen molar-refractivity contribution in [3.63, 3.8) is 0 Å². The number of anilines is 3. The predicted octanol–water partition coefficient (Wildman–Crippen LogP) is 4.12. The van der Waals surface area contributed by atoms with Crippen LogP contribution in [0.3, 0.4) is 0 Å². The average Bonchev–Trinajstić information content (AvgIpc) is 2.68. The number of aromatic nitrogens is 3. The number of rotatable bonds is 7. The standard InChI is InChI=1S/C20H23N5O2/c1-13(2)22-20-24-17(14-7-9-21-10-8-14)12-19(25-20)23-16-6-5-15(26-3)11-18(16)27-4/h5-13H,1-4H3,(H2,22,23,24,25). The molecule has 27 heavy (non-hydrogen) atoms. The number of hydrogen-bond donors (Lipinski definition) is 2. The molecule has 2 heterocycles. The van der Waals surface area contributed by atoms with Gasteiger partial charge in [0.1, 0.15) is 17.3 Å². The Morgan fingerprint density at radius 3 is 2.37 bits per heavy atom. The maximum Gasteiger partial charge on any atom is 0.225 e. The first-order valence-electron chi connectivity index (χ1n) is 8.64. The molecule has 3 rings (SSSR count). The summed E-state index contributed by atoms with van der Waals surface area (Å²) in [7, 11) is 3.24. The number of ether oxygens (including phenoxy) is 2. The van der Waals surface area contributed by atoms with Crippen LogP contribution in [0.4, 0.5) is 17.5 Å². The molecule has 140 valence electrons. The monoisotopic (exact) mass is 365 g/mol. The molecule has 7 nitrogen and oxygen atoms in total. The highest BCUT2D eigenvalue weighted by atomic mass is 16.5. The van der Waals surface area contributed by atoms with E-state index in [0.29, 0.717) is 17.5 Å². The molecule has 1 aromatic carbocycles. The molecule has 0 fully saturated rings. The Morgan fingerprint density at radius 2 is 1.70 bits per heavy atom. The van der Waals surface area contributed by atoms with Crippen LogP contribution in [0.15, 0.2) is 48.8 Å². The van der Waals surface area contributed by atoms with E-state index in [2.05, 4.69) is 25.6 Å². The van der Waals surface area contributed by atoms with Crippen molar-refractivity contribution < 1.29 is 9.47 Å². The fourth-order valence-electron chi connectivity index (χ4n) is 2.54. The average molecular weight is 365 g/mol. The molecule has 0 aliphatic rings. The molecule has 0 saturated carbocycles. The number of pyridine rings is 1. The lowest BCUT2D eigenvalue weighted by Crippen LogP contribution is -2.13. The third kappa shape index (κ3) is 4.63. The molecule has 0 amide bonds. The predicted molar refractivity (Wildman–Crippen MR) is 107 cm³/mol. The molecule has 0 atom stereocenters. The quantitative estimate of drug-likeness (QED) is 0.652. The first-order valence-corrected chi connectivity index (χ1v) is 8.64. The van der Waals surface area contributed by atoms with Gasteiger partial charge in [-0.1, -0.05) is 0 Å². The van der Waals surface area contributed by atoms with E-state index in [9.17, 15) is 0 Å². The number of benzene rings is 1. The summed E-state index contributed by atoms with van der Waals surface area (Å²) in [5.41, 5.74) is 2.54. The zero-order valence-electron chi connectivity index (χ0n) is 15.9.